The second-order valence-corrected chi connectivity index (χ2v) is 8.16. The molecule has 0 saturated heterocycles. The van der Waals surface area contributed by atoms with Gasteiger partial charge in [-0.15, -0.1) is 0 Å². The maximum Gasteiger partial charge on any atom is 0.228 e. The number of nitrogens with one attached hydrogen (secondary N) is 1. The van der Waals surface area contributed by atoms with Crippen molar-refractivity contribution < 1.29 is 9.09 Å². The second kappa shape index (κ2) is 7.82. The molecule has 0 fully saturated rings. The van der Waals surface area contributed by atoms with Crippen molar-refractivity contribution in [1.29, 1.82) is 0 Å². The van der Waals surface area contributed by atoms with Crippen LogP contribution in [0.3, 0.4) is 0 Å². The van der Waals surface area contributed by atoms with E-state index in [4.69, 9.17) is 16.1 Å². The van der Waals surface area contributed by atoms with Gasteiger partial charge in [-0.2, -0.15) is 0 Å². The highest BCUT2D eigenvalue weighted by atomic mass is 35.5. The lowest BCUT2D eigenvalue weighted by atomic mass is 10.2. The summed E-state index contributed by atoms with van der Waals surface area (Å²) in [6, 6.07) is 17.2. The first-order chi connectivity index (χ1) is 10.6. The quantitative estimate of drug-likeness (QED) is 0.650. The molecule has 0 heterocycles. The van der Waals surface area contributed by atoms with Gasteiger partial charge in [0.1, 0.15) is 5.78 Å². The van der Waals surface area contributed by atoms with E-state index in [2.05, 4.69) is 5.32 Å². The number of para-hydroxylation sites is 1. The Labute approximate surface area is 137 Å². The highest BCUT2D eigenvalue weighted by Crippen LogP contribution is 2.60. The molecular formula is C17H21ClNO2P. The van der Waals surface area contributed by atoms with E-state index in [0.29, 0.717) is 17.8 Å². The van der Waals surface area contributed by atoms with Crippen molar-refractivity contribution in [3.05, 3.63) is 65.2 Å². The number of hydrogen-bond donors (Lipinski definition) is 1. The smallest absolute Gasteiger partial charge is 0.228 e. The summed E-state index contributed by atoms with van der Waals surface area (Å²) in [6.07, 6.45) is 0.441. The standard InChI is InChI=1S/C17H21ClNO2P/c1-3-21-22(20,4-2)17(15-12-8-9-13-16(15)18)19-14-10-6-5-7-11-14/h5-13,17,19H,3-4H2,1-2H3. The molecular weight excluding hydrogens is 317 g/mol. The lowest BCUT2D eigenvalue weighted by molar-refractivity contribution is 0.328. The van der Waals surface area contributed by atoms with Crippen LogP contribution in [-0.4, -0.2) is 12.8 Å². The summed E-state index contributed by atoms with van der Waals surface area (Å²) in [5.41, 5.74) is 1.69. The molecule has 0 aromatic heterocycles. The van der Waals surface area contributed by atoms with Crippen LogP contribution in [-0.2, 0) is 9.09 Å². The summed E-state index contributed by atoms with van der Waals surface area (Å²) in [6.45, 7) is 4.14. The van der Waals surface area contributed by atoms with E-state index in [1.165, 1.54) is 0 Å². The van der Waals surface area contributed by atoms with Gasteiger partial charge in [-0.1, -0.05) is 54.9 Å². The van der Waals surface area contributed by atoms with Gasteiger partial charge in [-0.3, -0.25) is 4.57 Å². The van der Waals surface area contributed by atoms with Gasteiger partial charge in [-0.05, 0) is 25.1 Å². The number of halogens is 1. The topological polar surface area (TPSA) is 38.3 Å². The monoisotopic (exact) mass is 337 g/mol. The molecule has 3 nitrogen and oxygen atoms in total. The fourth-order valence-corrected chi connectivity index (χ4v) is 4.79. The normalized spacial score (nSPS) is 15.0. The SMILES string of the molecule is CCOP(=O)(CC)C(Nc1ccccc1)c1ccccc1Cl. The van der Waals surface area contributed by atoms with Crippen molar-refractivity contribution in [2.24, 2.45) is 0 Å². The Hall–Kier alpha value is -1.28. The summed E-state index contributed by atoms with van der Waals surface area (Å²) >= 11 is 6.33. The number of benzene rings is 2. The molecule has 2 atom stereocenters. The number of hydrogen-bond acceptors (Lipinski definition) is 3. The van der Waals surface area contributed by atoms with Crippen LogP contribution < -0.4 is 5.32 Å². The van der Waals surface area contributed by atoms with Gasteiger partial charge in [0.25, 0.3) is 0 Å². The summed E-state index contributed by atoms with van der Waals surface area (Å²) in [4.78, 5) is 0. The zero-order valence-corrected chi connectivity index (χ0v) is 14.5. The van der Waals surface area contributed by atoms with Crippen LogP contribution in [0.2, 0.25) is 5.02 Å². The number of rotatable bonds is 7. The first-order valence-electron chi connectivity index (χ1n) is 7.40. The predicted molar refractivity (Wildman–Crippen MR) is 94.0 cm³/mol. The van der Waals surface area contributed by atoms with Crippen LogP contribution in [0.25, 0.3) is 0 Å². The average Bonchev–Trinajstić information content (AvgIpc) is 2.54. The third-order valence-electron chi connectivity index (χ3n) is 3.46. The zero-order chi connectivity index (χ0) is 16.0. The third-order valence-corrected chi connectivity index (χ3v) is 6.57. The van der Waals surface area contributed by atoms with Crippen LogP contribution in [0.4, 0.5) is 5.69 Å². The maximum absolute atomic E-state index is 13.3. The summed E-state index contributed by atoms with van der Waals surface area (Å²) in [5, 5.41) is 3.93. The average molecular weight is 338 g/mol. The molecule has 0 radical (unpaired) electrons. The molecule has 2 aromatic carbocycles. The van der Waals surface area contributed by atoms with Crippen LogP contribution in [0, 0.1) is 0 Å². The molecule has 0 aliphatic heterocycles. The molecule has 0 aliphatic carbocycles. The molecule has 0 spiro atoms. The Morgan fingerprint density at radius 3 is 2.32 bits per heavy atom. The van der Waals surface area contributed by atoms with Gasteiger partial charge in [0.05, 0.1) is 6.61 Å². The van der Waals surface area contributed by atoms with E-state index in [1.807, 2.05) is 68.4 Å². The van der Waals surface area contributed by atoms with Gasteiger partial charge in [0.2, 0.25) is 7.37 Å². The molecule has 2 unspecified atom stereocenters. The molecule has 5 heteroatoms. The van der Waals surface area contributed by atoms with Crippen molar-refractivity contribution in [2.45, 2.75) is 19.6 Å². The predicted octanol–water partition coefficient (Wildman–Crippen LogP) is 5.79. The molecule has 0 amide bonds. The van der Waals surface area contributed by atoms with Crippen LogP contribution in [0.1, 0.15) is 25.2 Å². The highest BCUT2D eigenvalue weighted by molar-refractivity contribution is 7.59. The Balaban J connectivity index is 2.45. The first-order valence-corrected chi connectivity index (χ1v) is 9.65. The van der Waals surface area contributed by atoms with Crippen LogP contribution in [0.15, 0.2) is 54.6 Å². The molecule has 22 heavy (non-hydrogen) atoms. The Morgan fingerprint density at radius 2 is 1.73 bits per heavy atom. The second-order valence-electron chi connectivity index (χ2n) is 4.89. The molecule has 0 aliphatic rings. The van der Waals surface area contributed by atoms with Crippen molar-refractivity contribution in [1.82, 2.24) is 0 Å². The lowest BCUT2D eigenvalue weighted by Crippen LogP contribution is -2.15. The van der Waals surface area contributed by atoms with Crippen LogP contribution in [0.5, 0.6) is 0 Å². The van der Waals surface area contributed by atoms with Crippen LogP contribution >= 0.6 is 19.0 Å². The molecule has 2 rings (SSSR count). The van der Waals surface area contributed by atoms with Crippen molar-refractivity contribution in [2.75, 3.05) is 18.1 Å². The van der Waals surface area contributed by atoms with Gasteiger partial charge >= 0.3 is 0 Å². The van der Waals surface area contributed by atoms with Gasteiger partial charge in [0, 0.05) is 22.4 Å². The third kappa shape index (κ3) is 3.92. The lowest BCUT2D eigenvalue weighted by Gasteiger charge is -2.29. The highest BCUT2D eigenvalue weighted by Gasteiger charge is 2.34. The molecule has 0 saturated carbocycles. The molecule has 0 bridgehead atoms. The minimum Gasteiger partial charge on any atom is -0.370 e. The Morgan fingerprint density at radius 1 is 1.09 bits per heavy atom. The summed E-state index contributed by atoms with van der Waals surface area (Å²) in [5.74, 6) is -0.464. The van der Waals surface area contributed by atoms with Crippen molar-refractivity contribution in [3.63, 3.8) is 0 Å². The van der Waals surface area contributed by atoms with Gasteiger partial charge in [0.15, 0.2) is 0 Å². The van der Waals surface area contributed by atoms with E-state index in [0.717, 1.165) is 11.3 Å². The first kappa shape index (κ1) is 17.1. The van der Waals surface area contributed by atoms with E-state index in [9.17, 15) is 4.57 Å². The fourth-order valence-electron chi connectivity index (χ4n) is 2.34. The minimum atomic E-state index is -2.92. The Bertz CT molecular complexity index is 648. The van der Waals surface area contributed by atoms with E-state index in [1.54, 1.807) is 0 Å². The summed E-state index contributed by atoms with van der Waals surface area (Å²) < 4.78 is 19.0. The number of anilines is 1. The molecule has 2 aromatic rings. The van der Waals surface area contributed by atoms with E-state index in [-0.39, 0.29) is 0 Å². The molecule has 118 valence electrons. The van der Waals surface area contributed by atoms with Gasteiger partial charge in [-0.25, -0.2) is 0 Å². The van der Waals surface area contributed by atoms with E-state index >= 15 is 0 Å². The summed E-state index contributed by atoms with van der Waals surface area (Å²) in [7, 11) is -2.92. The van der Waals surface area contributed by atoms with Crippen molar-refractivity contribution in [3.8, 4) is 0 Å². The largest absolute Gasteiger partial charge is 0.370 e. The van der Waals surface area contributed by atoms with Gasteiger partial charge < -0.3 is 9.84 Å². The maximum atomic E-state index is 13.3. The Kier molecular flexibility index (Phi) is 6.07. The minimum absolute atomic E-state index is 0.405. The van der Waals surface area contributed by atoms with E-state index < -0.39 is 13.2 Å². The zero-order valence-electron chi connectivity index (χ0n) is 12.8. The molecule has 1 N–H and O–H groups in total. The van der Waals surface area contributed by atoms with Crippen molar-refractivity contribution >= 4 is 24.7 Å². The fraction of sp³-hybridized carbons (Fsp3) is 0.294.